The van der Waals surface area contributed by atoms with Crippen LogP contribution in [0.2, 0.25) is 0 Å². The highest BCUT2D eigenvalue weighted by Crippen LogP contribution is 2.26. The highest BCUT2D eigenvalue weighted by Gasteiger charge is 2.16. The van der Waals surface area contributed by atoms with Crippen LogP contribution in [0.15, 0.2) is 40.8 Å². The predicted molar refractivity (Wildman–Crippen MR) is 107 cm³/mol. The van der Waals surface area contributed by atoms with Crippen LogP contribution in [0.5, 0.6) is 11.8 Å². The number of methoxy groups -OCH3 is 2. The lowest BCUT2D eigenvalue weighted by Gasteiger charge is -2.10. The van der Waals surface area contributed by atoms with E-state index in [4.69, 9.17) is 13.9 Å². The van der Waals surface area contributed by atoms with E-state index in [1.165, 1.54) is 36.5 Å². The second-order valence-electron chi connectivity index (χ2n) is 6.68. The standard InChI is InChI=1S/C22H24N2O4/c1-13-10-14(2)17(15(3)11-13)12-16-6-8-19(28-16)21(25)23-18-7-9-20(26-4)24-22(18)27-5/h6-11H,12H2,1-5H3,(H,23,25). The summed E-state index contributed by atoms with van der Waals surface area (Å²) in [5, 5.41) is 2.76. The van der Waals surface area contributed by atoms with Crippen molar-refractivity contribution in [1.82, 2.24) is 4.98 Å². The number of nitrogens with one attached hydrogen (secondary N) is 1. The quantitative estimate of drug-likeness (QED) is 0.683. The summed E-state index contributed by atoms with van der Waals surface area (Å²) < 4.78 is 16.1. The summed E-state index contributed by atoms with van der Waals surface area (Å²) in [5.74, 6) is 1.27. The molecule has 0 unspecified atom stereocenters. The molecule has 2 aromatic heterocycles. The predicted octanol–water partition coefficient (Wildman–Crippen LogP) is 4.46. The zero-order valence-electron chi connectivity index (χ0n) is 16.8. The number of rotatable bonds is 6. The van der Waals surface area contributed by atoms with Crippen LogP contribution in [-0.4, -0.2) is 25.1 Å². The minimum atomic E-state index is -0.367. The minimum Gasteiger partial charge on any atom is -0.481 e. The molecule has 1 N–H and O–H groups in total. The average Bonchev–Trinajstić information content (AvgIpc) is 3.13. The van der Waals surface area contributed by atoms with Crippen LogP contribution in [0.3, 0.4) is 0 Å². The highest BCUT2D eigenvalue weighted by atomic mass is 16.5. The number of furan rings is 1. The van der Waals surface area contributed by atoms with E-state index in [-0.39, 0.29) is 17.5 Å². The fourth-order valence-corrected chi connectivity index (χ4v) is 3.23. The first-order chi connectivity index (χ1) is 13.4. The van der Waals surface area contributed by atoms with Crippen molar-refractivity contribution in [3.8, 4) is 11.8 Å². The summed E-state index contributed by atoms with van der Waals surface area (Å²) in [6, 6.07) is 11.1. The van der Waals surface area contributed by atoms with Gasteiger partial charge in [0.2, 0.25) is 11.8 Å². The van der Waals surface area contributed by atoms with E-state index in [1.807, 2.05) is 6.07 Å². The lowest BCUT2D eigenvalue weighted by molar-refractivity contribution is 0.0994. The molecule has 1 amide bonds. The molecular weight excluding hydrogens is 356 g/mol. The topological polar surface area (TPSA) is 73.6 Å². The van der Waals surface area contributed by atoms with Gasteiger partial charge in [-0.1, -0.05) is 17.7 Å². The molecule has 3 aromatic rings. The molecule has 0 saturated carbocycles. The maximum Gasteiger partial charge on any atom is 0.291 e. The number of hydrogen-bond acceptors (Lipinski definition) is 5. The Bertz CT molecular complexity index is 985. The number of benzene rings is 1. The van der Waals surface area contributed by atoms with Gasteiger partial charge in [0.15, 0.2) is 5.76 Å². The minimum absolute atomic E-state index is 0.232. The number of hydrogen-bond donors (Lipinski definition) is 1. The van der Waals surface area contributed by atoms with Crippen molar-refractivity contribution in [1.29, 1.82) is 0 Å². The van der Waals surface area contributed by atoms with Crippen molar-refractivity contribution in [2.75, 3.05) is 19.5 Å². The van der Waals surface area contributed by atoms with Gasteiger partial charge in [-0.2, -0.15) is 4.98 Å². The van der Waals surface area contributed by atoms with E-state index in [0.29, 0.717) is 18.0 Å². The summed E-state index contributed by atoms with van der Waals surface area (Å²) in [6.07, 6.45) is 0.638. The Morgan fingerprint density at radius 1 is 1.04 bits per heavy atom. The second-order valence-corrected chi connectivity index (χ2v) is 6.68. The number of carbonyl (C=O) groups is 1. The van der Waals surface area contributed by atoms with Crippen LogP contribution >= 0.6 is 0 Å². The summed E-state index contributed by atoms with van der Waals surface area (Å²) in [5.41, 5.74) is 5.33. The molecular formula is C22H24N2O4. The Morgan fingerprint density at radius 3 is 2.39 bits per heavy atom. The van der Waals surface area contributed by atoms with E-state index in [1.54, 1.807) is 18.2 Å². The first-order valence-corrected chi connectivity index (χ1v) is 8.97. The van der Waals surface area contributed by atoms with Gasteiger partial charge in [0.05, 0.1) is 14.2 Å². The van der Waals surface area contributed by atoms with E-state index in [0.717, 1.165) is 5.76 Å². The van der Waals surface area contributed by atoms with Gasteiger partial charge < -0.3 is 19.2 Å². The first kappa shape index (κ1) is 19.5. The van der Waals surface area contributed by atoms with Crippen molar-refractivity contribution in [3.05, 3.63) is 70.2 Å². The molecule has 0 spiro atoms. The Kier molecular flexibility index (Phi) is 5.68. The zero-order chi connectivity index (χ0) is 20.3. The fourth-order valence-electron chi connectivity index (χ4n) is 3.23. The van der Waals surface area contributed by atoms with Crippen LogP contribution in [0, 0.1) is 20.8 Å². The molecule has 6 nitrogen and oxygen atoms in total. The molecule has 0 bridgehead atoms. The summed E-state index contributed by atoms with van der Waals surface area (Å²) in [4.78, 5) is 16.7. The molecule has 28 heavy (non-hydrogen) atoms. The SMILES string of the molecule is COc1ccc(NC(=O)c2ccc(Cc3c(C)cc(C)cc3C)o2)c(OC)n1. The van der Waals surface area contributed by atoms with Gasteiger partial charge in [0.25, 0.3) is 5.91 Å². The molecule has 0 aliphatic carbocycles. The molecule has 146 valence electrons. The van der Waals surface area contributed by atoms with Gasteiger partial charge >= 0.3 is 0 Å². The number of amides is 1. The van der Waals surface area contributed by atoms with Crippen LogP contribution in [0.25, 0.3) is 0 Å². The molecule has 1 aromatic carbocycles. The number of pyridine rings is 1. The van der Waals surface area contributed by atoms with E-state index >= 15 is 0 Å². The first-order valence-electron chi connectivity index (χ1n) is 8.97. The summed E-state index contributed by atoms with van der Waals surface area (Å²) in [6.45, 7) is 6.27. The van der Waals surface area contributed by atoms with Gasteiger partial charge in [-0.05, 0) is 55.7 Å². The van der Waals surface area contributed by atoms with Gasteiger partial charge in [-0.15, -0.1) is 0 Å². The molecule has 0 fully saturated rings. The lowest BCUT2D eigenvalue weighted by Crippen LogP contribution is -2.12. The third-order valence-corrected chi connectivity index (χ3v) is 4.56. The molecule has 6 heteroatoms. The Labute approximate surface area is 164 Å². The highest BCUT2D eigenvalue weighted by molar-refractivity contribution is 6.03. The van der Waals surface area contributed by atoms with Gasteiger partial charge in [0, 0.05) is 12.5 Å². The number of aryl methyl sites for hydroxylation is 3. The number of anilines is 1. The monoisotopic (exact) mass is 380 g/mol. The Balaban J connectivity index is 1.76. The smallest absolute Gasteiger partial charge is 0.291 e. The fraction of sp³-hybridized carbons (Fsp3) is 0.273. The number of ether oxygens (including phenoxy) is 2. The van der Waals surface area contributed by atoms with Crippen LogP contribution < -0.4 is 14.8 Å². The third-order valence-electron chi connectivity index (χ3n) is 4.56. The summed E-state index contributed by atoms with van der Waals surface area (Å²) >= 11 is 0. The number of nitrogens with zero attached hydrogens (tertiary/aromatic N) is 1. The van der Waals surface area contributed by atoms with Crippen molar-refractivity contribution in [3.63, 3.8) is 0 Å². The molecule has 0 aliphatic rings. The molecule has 3 rings (SSSR count). The van der Waals surface area contributed by atoms with Crippen molar-refractivity contribution >= 4 is 11.6 Å². The molecule has 0 saturated heterocycles. The van der Waals surface area contributed by atoms with E-state index < -0.39 is 0 Å². The zero-order valence-corrected chi connectivity index (χ0v) is 16.8. The maximum atomic E-state index is 12.6. The van der Waals surface area contributed by atoms with Crippen molar-refractivity contribution in [2.45, 2.75) is 27.2 Å². The third kappa shape index (κ3) is 4.17. The second kappa shape index (κ2) is 8.17. The normalized spacial score (nSPS) is 10.6. The van der Waals surface area contributed by atoms with Gasteiger partial charge in [0.1, 0.15) is 11.4 Å². The van der Waals surface area contributed by atoms with Crippen LogP contribution in [-0.2, 0) is 6.42 Å². The average molecular weight is 380 g/mol. The van der Waals surface area contributed by atoms with Crippen molar-refractivity contribution < 1.29 is 18.7 Å². The maximum absolute atomic E-state index is 12.6. The molecule has 0 atom stereocenters. The Morgan fingerprint density at radius 2 is 1.75 bits per heavy atom. The number of aromatic nitrogens is 1. The molecule has 2 heterocycles. The van der Waals surface area contributed by atoms with Crippen molar-refractivity contribution in [2.24, 2.45) is 0 Å². The van der Waals surface area contributed by atoms with Crippen LogP contribution in [0.4, 0.5) is 5.69 Å². The van der Waals surface area contributed by atoms with E-state index in [2.05, 4.69) is 43.2 Å². The molecule has 0 radical (unpaired) electrons. The largest absolute Gasteiger partial charge is 0.481 e. The van der Waals surface area contributed by atoms with E-state index in [9.17, 15) is 4.79 Å². The Hall–Kier alpha value is -3.28. The van der Waals surface area contributed by atoms with Gasteiger partial charge in [-0.25, -0.2) is 0 Å². The summed E-state index contributed by atoms with van der Waals surface area (Å²) in [7, 11) is 3.00. The number of carbonyl (C=O) groups excluding carboxylic acids is 1. The van der Waals surface area contributed by atoms with Gasteiger partial charge in [-0.3, -0.25) is 4.79 Å². The lowest BCUT2D eigenvalue weighted by atomic mass is 9.97. The van der Waals surface area contributed by atoms with Crippen LogP contribution in [0.1, 0.15) is 38.6 Å². The molecule has 0 aliphatic heterocycles.